The molecule has 1 saturated heterocycles. The van der Waals surface area contributed by atoms with E-state index >= 15 is 0 Å². The molecule has 0 bridgehead atoms. The average molecular weight is 351 g/mol. The molecule has 1 aliphatic rings. The highest BCUT2D eigenvalue weighted by molar-refractivity contribution is 7.91. The maximum atomic E-state index is 12.2. The monoisotopic (exact) mass is 351 g/mol. The molecule has 0 radical (unpaired) electrons. The summed E-state index contributed by atoms with van der Waals surface area (Å²) in [5, 5.41) is 11.9. The lowest BCUT2D eigenvalue weighted by Crippen LogP contribution is -2.47. The van der Waals surface area contributed by atoms with Gasteiger partial charge in [-0.15, -0.1) is 0 Å². The van der Waals surface area contributed by atoms with Crippen molar-refractivity contribution >= 4 is 15.7 Å². The van der Waals surface area contributed by atoms with E-state index < -0.39 is 20.9 Å². The molecule has 1 aromatic rings. The van der Waals surface area contributed by atoms with Gasteiger partial charge in [0.05, 0.1) is 17.0 Å². The number of amides is 1. The van der Waals surface area contributed by atoms with Crippen molar-refractivity contribution < 1.29 is 13.2 Å². The average Bonchev–Trinajstić information content (AvgIpc) is 2.72. The summed E-state index contributed by atoms with van der Waals surface area (Å²) >= 11 is 0. The number of H-pyrrole nitrogens is 1. The van der Waals surface area contributed by atoms with E-state index in [1.54, 1.807) is 20.8 Å². The molecule has 2 heterocycles. The van der Waals surface area contributed by atoms with Crippen LogP contribution in [0.4, 0.5) is 0 Å². The van der Waals surface area contributed by atoms with Gasteiger partial charge in [0.15, 0.2) is 9.84 Å². The Morgan fingerprint density at radius 1 is 1.42 bits per heavy atom. The predicted molar refractivity (Wildman–Crippen MR) is 89.4 cm³/mol. The number of carbonyl (C=O) groups is 1. The van der Waals surface area contributed by atoms with E-state index in [0.29, 0.717) is 24.1 Å². The van der Waals surface area contributed by atoms with Crippen LogP contribution in [-0.2, 0) is 21.1 Å². The van der Waals surface area contributed by atoms with Crippen molar-refractivity contribution in [2.75, 3.05) is 11.5 Å². The molecule has 1 atom stereocenters. The number of carbonyl (C=O) groups excluding carboxylic acids is 1. The number of nitrogens with one attached hydrogen (secondary N) is 2. The number of nitrogens with zero attached hydrogens (tertiary/aromatic N) is 1. The van der Waals surface area contributed by atoms with Gasteiger partial charge >= 0.3 is 0 Å². The fraction of sp³-hybridized carbons (Fsp3) is 0.562. The Kier molecular flexibility index (Phi) is 4.85. The minimum atomic E-state index is -3.08. The molecule has 0 aliphatic carbocycles. The number of pyridine rings is 1. The number of aryl methyl sites for hydroxylation is 1. The lowest BCUT2D eigenvalue weighted by atomic mass is 9.98. The molecule has 0 saturated carbocycles. The van der Waals surface area contributed by atoms with E-state index in [9.17, 15) is 18.0 Å². The molecule has 130 valence electrons. The van der Waals surface area contributed by atoms with Gasteiger partial charge in [0, 0.05) is 12.1 Å². The first-order chi connectivity index (χ1) is 11.1. The molecule has 1 fully saturated rings. The number of sulfone groups is 1. The van der Waals surface area contributed by atoms with Crippen molar-refractivity contribution in [3.8, 4) is 6.07 Å². The van der Waals surface area contributed by atoms with Crippen LogP contribution in [0.1, 0.15) is 42.1 Å². The minimum absolute atomic E-state index is 0.0406. The molecule has 1 unspecified atom stereocenters. The third-order valence-electron chi connectivity index (χ3n) is 4.47. The molecule has 2 N–H and O–H groups in total. The zero-order chi connectivity index (χ0) is 18.1. The molecule has 7 nitrogen and oxygen atoms in total. The van der Waals surface area contributed by atoms with Crippen molar-refractivity contribution in [3.05, 3.63) is 32.7 Å². The third-order valence-corrected chi connectivity index (χ3v) is 6.37. The third kappa shape index (κ3) is 3.85. The van der Waals surface area contributed by atoms with Crippen LogP contribution in [-0.4, -0.2) is 36.4 Å². The molecule has 1 aromatic heterocycles. The summed E-state index contributed by atoms with van der Waals surface area (Å²) in [6.07, 6.45) is 0.947. The molecule has 8 heteroatoms. The van der Waals surface area contributed by atoms with Crippen LogP contribution in [0.5, 0.6) is 0 Å². The summed E-state index contributed by atoms with van der Waals surface area (Å²) < 4.78 is 23.2. The van der Waals surface area contributed by atoms with Gasteiger partial charge in [-0.3, -0.25) is 9.59 Å². The number of hydrogen-bond acceptors (Lipinski definition) is 5. The molecular weight excluding hydrogens is 330 g/mol. The fourth-order valence-corrected chi connectivity index (χ4v) is 5.26. The van der Waals surface area contributed by atoms with Crippen molar-refractivity contribution in [1.82, 2.24) is 10.3 Å². The summed E-state index contributed by atoms with van der Waals surface area (Å²) in [5.74, 6) is -0.188. The SMILES string of the molecule is Cc1[nH]c(=O)c(C#N)c(C)c1CCC(=O)NC1(C)CCS(=O)(=O)C1. The summed E-state index contributed by atoms with van der Waals surface area (Å²) in [7, 11) is -3.08. The molecule has 1 amide bonds. The van der Waals surface area contributed by atoms with Crippen LogP contribution < -0.4 is 10.9 Å². The number of aromatic amines is 1. The highest BCUT2D eigenvalue weighted by Crippen LogP contribution is 2.23. The van der Waals surface area contributed by atoms with Crippen molar-refractivity contribution in [3.63, 3.8) is 0 Å². The lowest BCUT2D eigenvalue weighted by Gasteiger charge is -2.24. The number of hydrogen-bond donors (Lipinski definition) is 2. The summed E-state index contributed by atoms with van der Waals surface area (Å²) in [5.41, 5.74) is 0.905. The van der Waals surface area contributed by atoms with E-state index in [2.05, 4.69) is 10.3 Å². The van der Waals surface area contributed by atoms with E-state index in [1.807, 2.05) is 6.07 Å². The number of rotatable bonds is 4. The maximum absolute atomic E-state index is 12.2. The topological polar surface area (TPSA) is 120 Å². The molecule has 24 heavy (non-hydrogen) atoms. The van der Waals surface area contributed by atoms with Gasteiger partial charge in [0.1, 0.15) is 11.6 Å². The Balaban J connectivity index is 2.08. The van der Waals surface area contributed by atoms with Gasteiger partial charge < -0.3 is 10.3 Å². The Labute approximate surface area is 141 Å². The van der Waals surface area contributed by atoms with Gasteiger partial charge in [-0.25, -0.2) is 8.42 Å². The lowest BCUT2D eigenvalue weighted by molar-refractivity contribution is -0.122. The molecule has 0 aromatic carbocycles. The van der Waals surface area contributed by atoms with Crippen LogP contribution >= 0.6 is 0 Å². The van der Waals surface area contributed by atoms with E-state index in [4.69, 9.17) is 5.26 Å². The highest BCUT2D eigenvalue weighted by Gasteiger charge is 2.39. The first-order valence-corrected chi connectivity index (χ1v) is 9.53. The second kappa shape index (κ2) is 6.40. The predicted octanol–water partition coefficient (Wildman–Crippen LogP) is 0.489. The second-order valence-electron chi connectivity index (χ2n) is 6.62. The quantitative estimate of drug-likeness (QED) is 0.818. The van der Waals surface area contributed by atoms with Crippen LogP contribution in [0.15, 0.2) is 4.79 Å². The summed E-state index contributed by atoms with van der Waals surface area (Å²) in [6, 6.07) is 1.88. The highest BCUT2D eigenvalue weighted by atomic mass is 32.2. The Morgan fingerprint density at radius 2 is 2.08 bits per heavy atom. The second-order valence-corrected chi connectivity index (χ2v) is 8.80. The smallest absolute Gasteiger partial charge is 0.266 e. The minimum Gasteiger partial charge on any atom is -0.350 e. The molecule has 0 spiro atoms. The number of nitriles is 1. The van der Waals surface area contributed by atoms with Crippen molar-refractivity contribution in [1.29, 1.82) is 5.26 Å². The van der Waals surface area contributed by atoms with Crippen molar-refractivity contribution in [2.45, 2.75) is 45.6 Å². The van der Waals surface area contributed by atoms with E-state index in [-0.39, 0.29) is 29.4 Å². The van der Waals surface area contributed by atoms with Gasteiger partial charge in [0.25, 0.3) is 5.56 Å². The first kappa shape index (κ1) is 18.2. The standard InChI is InChI=1S/C16H21N3O4S/c1-10-12(11(2)18-15(21)13(10)8-17)4-5-14(20)19-16(3)6-7-24(22,23)9-16/h4-7,9H2,1-3H3,(H,18,21)(H,19,20). The summed E-state index contributed by atoms with van der Waals surface area (Å²) in [4.78, 5) is 26.5. The normalized spacial score (nSPS) is 22.1. The number of aromatic nitrogens is 1. The first-order valence-electron chi connectivity index (χ1n) is 7.71. The zero-order valence-electron chi connectivity index (χ0n) is 14.0. The van der Waals surface area contributed by atoms with Crippen molar-refractivity contribution in [2.24, 2.45) is 0 Å². The van der Waals surface area contributed by atoms with Gasteiger partial charge in [-0.2, -0.15) is 5.26 Å². The Bertz CT molecular complexity index is 880. The van der Waals surface area contributed by atoms with Crippen LogP contribution in [0, 0.1) is 25.2 Å². The van der Waals surface area contributed by atoms with Crippen LogP contribution in [0.25, 0.3) is 0 Å². The zero-order valence-corrected chi connectivity index (χ0v) is 14.8. The largest absolute Gasteiger partial charge is 0.350 e. The van der Waals surface area contributed by atoms with Crippen LogP contribution in [0.3, 0.4) is 0 Å². The van der Waals surface area contributed by atoms with Gasteiger partial charge in [-0.1, -0.05) is 0 Å². The Hall–Kier alpha value is -2.14. The molecule has 1 aliphatic heterocycles. The van der Waals surface area contributed by atoms with E-state index in [0.717, 1.165) is 5.56 Å². The molecule has 2 rings (SSSR count). The maximum Gasteiger partial charge on any atom is 0.266 e. The van der Waals surface area contributed by atoms with E-state index in [1.165, 1.54) is 0 Å². The van der Waals surface area contributed by atoms with Crippen LogP contribution in [0.2, 0.25) is 0 Å². The molecular formula is C16H21N3O4S. The van der Waals surface area contributed by atoms with Gasteiger partial charge in [0.2, 0.25) is 5.91 Å². The Morgan fingerprint density at radius 3 is 2.62 bits per heavy atom. The van der Waals surface area contributed by atoms with Gasteiger partial charge in [-0.05, 0) is 44.7 Å². The summed E-state index contributed by atoms with van der Waals surface area (Å²) in [6.45, 7) is 5.16. The fourth-order valence-electron chi connectivity index (χ4n) is 3.17.